The van der Waals surface area contributed by atoms with E-state index in [1.807, 2.05) is 13.8 Å². The molecule has 0 aliphatic rings. The molecular weight excluding hydrogens is 156 g/mol. The summed E-state index contributed by atoms with van der Waals surface area (Å²) in [7, 11) is 0. The maximum atomic E-state index is 4.11. The van der Waals surface area contributed by atoms with Gasteiger partial charge in [-0.15, -0.1) is 5.10 Å². The Kier molecular flexibility index (Phi) is 1.39. The Morgan fingerprint density at radius 2 is 2.25 bits per heavy atom. The zero-order chi connectivity index (χ0) is 8.55. The van der Waals surface area contributed by atoms with E-state index in [9.17, 15) is 0 Å². The summed E-state index contributed by atoms with van der Waals surface area (Å²) in [6.45, 7) is 3.68. The molecule has 6 nitrogen and oxygen atoms in total. The monoisotopic (exact) mass is 164 g/mol. The Balaban J connectivity index is 2.50. The third-order valence-corrected chi connectivity index (χ3v) is 1.49. The van der Waals surface area contributed by atoms with Gasteiger partial charge in [0.25, 0.3) is 5.95 Å². The first-order valence-electron chi connectivity index (χ1n) is 3.53. The Morgan fingerprint density at radius 3 is 2.75 bits per heavy atom. The molecule has 0 aliphatic carbocycles. The number of H-pyrrole nitrogens is 1. The van der Waals surface area contributed by atoms with Crippen LogP contribution in [0.2, 0.25) is 0 Å². The zero-order valence-electron chi connectivity index (χ0n) is 6.81. The van der Waals surface area contributed by atoms with Crippen molar-refractivity contribution in [3.05, 3.63) is 18.0 Å². The molecule has 0 aromatic carbocycles. The Labute approximate surface area is 68.7 Å². The molecule has 2 heterocycles. The van der Waals surface area contributed by atoms with Crippen molar-refractivity contribution >= 4 is 0 Å². The predicted octanol–water partition coefficient (Wildman–Crippen LogP) is 0.00224. The number of aromatic nitrogens is 6. The lowest BCUT2D eigenvalue weighted by Crippen LogP contribution is -2.01. The average Bonchev–Trinajstić information content (AvgIpc) is 2.58. The summed E-state index contributed by atoms with van der Waals surface area (Å²) < 4.78 is 1.57. The van der Waals surface area contributed by atoms with Gasteiger partial charge in [-0.1, -0.05) is 0 Å². The molecule has 12 heavy (non-hydrogen) atoms. The standard InChI is InChI=1S/C6H8N6/c1-4-9-6(11-10-4)12-5(2)7-3-8-12/h3H,1-2H3,(H,9,10,11). The second kappa shape index (κ2) is 2.40. The smallest absolute Gasteiger partial charge is 0.261 e. The molecule has 62 valence electrons. The van der Waals surface area contributed by atoms with Crippen molar-refractivity contribution in [2.24, 2.45) is 0 Å². The molecule has 0 fully saturated rings. The van der Waals surface area contributed by atoms with Gasteiger partial charge in [-0.05, 0) is 13.8 Å². The van der Waals surface area contributed by atoms with Gasteiger partial charge in [0.2, 0.25) is 0 Å². The molecule has 1 N–H and O–H groups in total. The zero-order valence-corrected chi connectivity index (χ0v) is 6.81. The fourth-order valence-corrected chi connectivity index (χ4v) is 0.921. The van der Waals surface area contributed by atoms with Crippen molar-refractivity contribution in [2.75, 3.05) is 0 Å². The van der Waals surface area contributed by atoms with Crippen LogP contribution in [0.3, 0.4) is 0 Å². The van der Waals surface area contributed by atoms with Crippen molar-refractivity contribution in [3.63, 3.8) is 0 Å². The van der Waals surface area contributed by atoms with Gasteiger partial charge >= 0.3 is 0 Å². The number of hydrogen-bond donors (Lipinski definition) is 1. The first kappa shape index (κ1) is 6.96. The molecule has 0 amide bonds. The highest BCUT2D eigenvalue weighted by atomic mass is 15.4. The third kappa shape index (κ3) is 0.969. The van der Waals surface area contributed by atoms with Gasteiger partial charge in [-0.3, -0.25) is 5.10 Å². The molecule has 0 atom stereocenters. The van der Waals surface area contributed by atoms with Crippen LogP contribution in [0, 0.1) is 13.8 Å². The molecule has 0 aliphatic heterocycles. The van der Waals surface area contributed by atoms with Crippen molar-refractivity contribution in [3.8, 4) is 5.95 Å². The van der Waals surface area contributed by atoms with E-state index in [-0.39, 0.29) is 0 Å². The van der Waals surface area contributed by atoms with E-state index in [4.69, 9.17) is 0 Å². The second-order valence-corrected chi connectivity index (χ2v) is 2.44. The Hall–Kier alpha value is -1.72. The molecule has 6 heteroatoms. The molecule has 2 rings (SSSR count). The summed E-state index contributed by atoms with van der Waals surface area (Å²) in [6, 6.07) is 0. The van der Waals surface area contributed by atoms with Crippen LogP contribution in [0.25, 0.3) is 5.95 Å². The van der Waals surface area contributed by atoms with Crippen molar-refractivity contribution < 1.29 is 0 Å². The van der Waals surface area contributed by atoms with Gasteiger partial charge in [0.15, 0.2) is 0 Å². The lowest BCUT2D eigenvalue weighted by atomic mass is 10.7. The first-order valence-corrected chi connectivity index (χ1v) is 3.53. The van der Waals surface area contributed by atoms with Crippen LogP contribution in [-0.2, 0) is 0 Å². The topological polar surface area (TPSA) is 72.3 Å². The minimum Gasteiger partial charge on any atom is -0.261 e. The van der Waals surface area contributed by atoms with Gasteiger partial charge in [-0.25, -0.2) is 4.98 Å². The summed E-state index contributed by atoms with van der Waals surface area (Å²) in [5.74, 6) is 2.07. The Bertz CT molecular complexity index is 386. The highest BCUT2D eigenvalue weighted by molar-refractivity contribution is 5.08. The van der Waals surface area contributed by atoms with Crippen LogP contribution in [0.4, 0.5) is 0 Å². The van der Waals surface area contributed by atoms with Crippen molar-refractivity contribution in [2.45, 2.75) is 13.8 Å². The van der Waals surface area contributed by atoms with Crippen molar-refractivity contribution in [1.29, 1.82) is 0 Å². The van der Waals surface area contributed by atoms with Crippen LogP contribution >= 0.6 is 0 Å². The SMILES string of the molecule is Cc1nc(-n2ncnc2C)n[nH]1. The summed E-state index contributed by atoms with van der Waals surface area (Å²) in [4.78, 5) is 8.07. The molecule has 0 unspecified atom stereocenters. The molecule has 2 aromatic heterocycles. The van der Waals surface area contributed by atoms with E-state index in [1.165, 1.54) is 6.33 Å². The van der Waals surface area contributed by atoms with Crippen LogP contribution < -0.4 is 0 Å². The molecule has 0 bridgehead atoms. The van der Waals surface area contributed by atoms with Gasteiger partial charge in [-0.2, -0.15) is 14.8 Å². The van der Waals surface area contributed by atoms with Gasteiger partial charge in [0.1, 0.15) is 18.0 Å². The summed E-state index contributed by atoms with van der Waals surface area (Å²) in [5, 5.41) is 10.6. The highest BCUT2D eigenvalue weighted by Gasteiger charge is 2.05. The first-order chi connectivity index (χ1) is 5.77. The largest absolute Gasteiger partial charge is 0.271 e. The molecule has 2 aromatic rings. The predicted molar refractivity (Wildman–Crippen MR) is 40.8 cm³/mol. The summed E-state index contributed by atoms with van der Waals surface area (Å²) in [6.07, 6.45) is 1.47. The van der Waals surface area contributed by atoms with Gasteiger partial charge in [0, 0.05) is 0 Å². The van der Waals surface area contributed by atoms with Gasteiger partial charge in [0.05, 0.1) is 0 Å². The average molecular weight is 164 g/mol. The minimum absolute atomic E-state index is 0.530. The number of hydrogen-bond acceptors (Lipinski definition) is 4. The highest BCUT2D eigenvalue weighted by Crippen LogP contribution is 1.99. The van der Waals surface area contributed by atoms with Crippen LogP contribution in [0.5, 0.6) is 0 Å². The van der Waals surface area contributed by atoms with E-state index in [0.717, 1.165) is 11.6 Å². The maximum absolute atomic E-state index is 4.11. The normalized spacial score (nSPS) is 10.5. The molecule has 0 saturated heterocycles. The quantitative estimate of drug-likeness (QED) is 0.644. The van der Waals surface area contributed by atoms with E-state index in [2.05, 4.69) is 25.3 Å². The lowest BCUT2D eigenvalue weighted by Gasteiger charge is -1.92. The minimum atomic E-state index is 0.530. The number of aryl methyl sites for hydroxylation is 2. The van der Waals surface area contributed by atoms with Crippen LogP contribution in [0.1, 0.15) is 11.6 Å². The fraction of sp³-hybridized carbons (Fsp3) is 0.333. The Morgan fingerprint density at radius 1 is 1.42 bits per heavy atom. The summed E-state index contributed by atoms with van der Waals surface area (Å²) >= 11 is 0. The number of nitrogens with zero attached hydrogens (tertiary/aromatic N) is 5. The number of rotatable bonds is 1. The van der Waals surface area contributed by atoms with Gasteiger partial charge < -0.3 is 0 Å². The number of aromatic amines is 1. The van der Waals surface area contributed by atoms with Crippen LogP contribution in [0.15, 0.2) is 6.33 Å². The van der Waals surface area contributed by atoms with Crippen molar-refractivity contribution in [1.82, 2.24) is 29.9 Å². The molecule has 0 saturated carbocycles. The fourth-order valence-electron chi connectivity index (χ4n) is 0.921. The lowest BCUT2D eigenvalue weighted by molar-refractivity contribution is 0.782. The molecule has 0 radical (unpaired) electrons. The third-order valence-electron chi connectivity index (χ3n) is 1.49. The van der Waals surface area contributed by atoms with E-state index < -0.39 is 0 Å². The molecular formula is C6H8N6. The van der Waals surface area contributed by atoms with E-state index in [1.54, 1.807) is 4.68 Å². The maximum Gasteiger partial charge on any atom is 0.271 e. The molecule has 0 spiro atoms. The van der Waals surface area contributed by atoms with E-state index in [0.29, 0.717) is 5.95 Å². The van der Waals surface area contributed by atoms with Crippen LogP contribution in [-0.4, -0.2) is 29.9 Å². The van der Waals surface area contributed by atoms with E-state index >= 15 is 0 Å². The number of nitrogens with one attached hydrogen (secondary N) is 1. The summed E-state index contributed by atoms with van der Waals surface area (Å²) in [5.41, 5.74) is 0. The second-order valence-electron chi connectivity index (χ2n) is 2.44.